The van der Waals surface area contributed by atoms with Gasteiger partial charge in [0.2, 0.25) is 12.3 Å². The van der Waals surface area contributed by atoms with Crippen molar-refractivity contribution in [3.63, 3.8) is 0 Å². The van der Waals surface area contributed by atoms with Crippen LogP contribution in [0.3, 0.4) is 0 Å². The second kappa shape index (κ2) is 22.3. The smallest absolute Gasteiger partial charge is 0.258 e. The van der Waals surface area contributed by atoms with Gasteiger partial charge in [0, 0.05) is 29.3 Å². The maximum Gasteiger partial charge on any atom is 0.258 e. The van der Waals surface area contributed by atoms with Crippen molar-refractivity contribution >= 4 is 57.1 Å². The second-order valence-corrected chi connectivity index (χ2v) is 14.6. The van der Waals surface area contributed by atoms with E-state index in [1.54, 1.807) is 30.3 Å². The summed E-state index contributed by atoms with van der Waals surface area (Å²) in [7, 11) is 0. The maximum absolute atomic E-state index is 13.1. The molecule has 62 heavy (non-hydrogen) atoms. The summed E-state index contributed by atoms with van der Waals surface area (Å²) in [5.41, 5.74) is 6.43. The van der Waals surface area contributed by atoms with Crippen LogP contribution in [-0.4, -0.2) is 34.3 Å². The van der Waals surface area contributed by atoms with Gasteiger partial charge in [-0.05, 0) is 94.1 Å². The van der Waals surface area contributed by atoms with Crippen LogP contribution in [0.15, 0.2) is 164 Å². The molecule has 316 valence electrons. The molecule has 4 amide bonds. The molecular formula is C54H54N2O6. The predicted molar refractivity (Wildman–Crippen MR) is 252 cm³/mol. The number of hydrogen-bond acceptors (Lipinski definition) is 6. The molecule has 0 spiro atoms. The van der Waals surface area contributed by atoms with Crippen LogP contribution in [0.5, 0.6) is 11.5 Å². The summed E-state index contributed by atoms with van der Waals surface area (Å²) in [6.07, 6.45) is 5.94. The second-order valence-electron chi connectivity index (χ2n) is 14.6. The number of aryl methyl sites for hydroxylation is 2. The molecule has 8 nitrogen and oxygen atoms in total. The first-order valence-electron chi connectivity index (χ1n) is 21.1. The number of benzene rings is 7. The van der Waals surface area contributed by atoms with Gasteiger partial charge in [-0.1, -0.05) is 156 Å². The van der Waals surface area contributed by atoms with Crippen molar-refractivity contribution in [3.8, 4) is 11.5 Å². The van der Waals surface area contributed by atoms with Crippen LogP contribution in [0.25, 0.3) is 21.5 Å². The minimum atomic E-state index is -0.367. The Hall–Kier alpha value is -7.32. The fraction of sp³-hybridized carbons (Fsp3) is 0.185. The number of imide groups is 2. The lowest BCUT2D eigenvalue weighted by molar-refractivity contribution is -0.122. The van der Waals surface area contributed by atoms with Crippen molar-refractivity contribution in [2.75, 3.05) is 9.80 Å². The third-order valence-corrected chi connectivity index (χ3v) is 10.6. The Balaban J connectivity index is 0.000000255. The van der Waals surface area contributed by atoms with Gasteiger partial charge in [0.1, 0.15) is 11.5 Å². The molecule has 8 rings (SSSR count). The summed E-state index contributed by atoms with van der Waals surface area (Å²) in [5, 5.41) is 23.8. The van der Waals surface area contributed by atoms with Crippen LogP contribution in [0.1, 0.15) is 74.8 Å². The Bertz CT molecular complexity index is 2590. The zero-order valence-electron chi connectivity index (χ0n) is 36.0. The van der Waals surface area contributed by atoms with Crippen LogP contribution >= 0.6 is 0 Å². The Morgan fingerprint density at radius 1 is 0.613 bits per heavy atom. The number of phenols is 2. The lowest BCUT2D eigenvalue weighted by Gasteiger charge is -2.20. The molecule has 7 aromatic rings. The van der Waals surface area contributed by atoms with Crippen molar-refractivity contribution in [3.05, 3.63) is 192 Å². The third-order valence-electron chi connectivity index (χ3n) is 10.6. The number of fused-ring (bicyclic) bond motifs is 2. The van der Waals surface area contributed by atoms with Crippen LogP contribution in [-0.2, 0) is 38.4 Å². The molecule has 1 unspecified atom stereocenters. The molecule has 1 aliphatic heterocycles. The van der Waals surface area contributed by atoms with Gasteiger partial charge in [-0.2, -0.15) is 0 Å². The molecule has 1 aliphatic rings. The van der Waals surface area contributed by atoms with E-state index in [2.05, 4.69) is 38.1 Å². The molecule has 0 aromatic heterocycles. The fourth-order valence-electron chi connectivity index (χ4n) is 7.05. The van der Waals surface area contributed by atoms with Crippen LogP contribution in [0.2, 0.25) is 0 Å². The van der Waals surface area contributed by atoms with Gasteiger partial charge in [-0.3, -0.25) is 24.1 Å². The summed E-state index contributed by atoms with van der Waals surface area (Å²) in [6.45, 7) is 10.2. The number of carbonyl (C=O) groups is 4. The summed E-state index contributed by atoms with van der Waals surface area (Å²) < 4.78 is 0. The van der Waals surface area contributed by atoms with Crippen molar-refractivity contribution in [2.45, 2.75) is 66.2 Å². The van der Waals surface area contributed by atoms with Crippen LogP contribution in [0, 0.1) is 0 Å². The van der Waals surface area contributed by atoms with Gasteiger partial charge >= 0.3 is 0 Å². The van der Waals surface area contributed by atoms with E-state index in [1.165, 1.54) is 23.3 Å². The zero-order chi connectivity index (χ0) is 44.6. The summed E-state index contributed by atoms with van der Waals surface area (Å²) in [5.74, 6) is -0.883. The normalized spacial score (nSPS) is 12.0. The van der Waals surface area contributed by atoms with Crippen molar-refractivity contribution < 1.29 is 29.4 Å². The molecule has 8 heteroatoms. The van der Waals surface area contributed by atoms with Crippen LogP contribution in [0.4, 0.5) is 11.4 Å². The largest absolute Gasteiger partial charge is 0.507 e. The van der Waals surface area contributed by atoms with E-state index in [1.807, 2.05) is 118 Å². The molecule has 0 saturated heterocycles. The lowest BCUT2D eigenvalue weighted by Crippen LogP contribution is -2.30. The number of phenolic OH excluding ortho intramolecular Hbond substituents is 2. The molecular weight excluding hydrogens is 773 g/mol. The SMILES string of the molecule is CC.CC(CC(=O)N(C=O)c1ccc(Cc2ccc(N3C(=O)C=CC3=O)cc2)cc1)c1ccc2ccccc2c1O.CCc1ccc(CC)cc1.Oc1cccc2ccccc12. The molecule has 0 bridgehead atoms. The van der Waals surface area contributed by atoms with Crippen molar-refractivity contribution in [1.82, 2.24) is 0 Å². The highest BCUT2D eigenvalue weighted by atomic mass is 16.3. The monoisotopic (exact) mass is 826 g/mol. The van der Waals surface area contributed by atoms with Gasteiger partial charge in [-0.25, -0.2) is 4.90 Å². The van der Waals surface area contributed by atoms with Gasteiger partial charge < -0.3 is 10.2 Å². The Morgan fingerprint density at radius 2 is 1.10 bits per heavy atom. The number of rotatable bonds is 10. The van der Waals surface area contributed by atoms with Crippen molar-refractivity contribution in [1.29, 1.82) is 0 Å². The molecule has 1 atom stereocenters. The first-order chi connectivity index (χ1) is 30.1. The predicted octanol–water partition coefficient (Wildman–Crippen LogP) is 11.6. The van der Waals surface area contributed by atoms with E-state index in [0.29, 0.717) is 35.5 Å². The van der Waals surface area contributed by atoms with Gasteiger partial charge in [0.05, 0.1) is 11.4 Å². The maximum atomic E-state index is 13.1. The topological polar surface area (TPSA) is 115 Å². The van der Waals surface area contributed by atoms with Gasteiger partial charge in [0.15, 0.2) is 0 Å². The minimum absolute atomic E-state index is 0.0519. The number of amides is 4. The quantitative estimate of drug-likeness (QED) is 0.105. The lowest BCUT2D eigenvalue weighted by atomic mass is 9.93. The summed E-state index contributed by atoms with van der Waals surface area (Å²) in [6, 6.07) is 47.7. The van der Waals surface area contributed by atoms with Crippen molar-refractivity contribution in [2.24, 2.45) is 0 Å². The van der Waals surface area contributed by atoms with E-state index >= 15 is 0 Å². The van der Waals surface area contributed by atoms with E-state index in [4.69, 9.17) is 0 Å². The molecule has 0 saturated carbocycles. The highest BCUT2D eigenvalue weighted by molar-refractivity contribution is 6.28. The fourth-order valence-corrected chi connectivity index (χ4v) is 7.05. The Labute approximate surface area is 364 Å². The molecule has 0 radical (unpaired) electrons. The van der Waals surface area contributed by atoms with E-state index in [0.717, 1.165) is 55.3 Å². The molecule has 0 aliphatic carbocycles. The van der Waals surface area contributed by atoms with Gasteiger partial charge in [-0.15, -0.1) is 0 Å². The number of aromatic hydroxyl groups is 2. The first-order valence-corrected chi connectivity index (χ1v) is 21.1. The van der Waals surface area contributed by atoms with E-state index in [-0.39, 0.29) is 35.8 Å². The standard InChI is InChI=1S/C32H26N2O5.C10H8O.C10H14.C2H6/c1-21(27-15-10-24-4-2-3-5-28(24)32(27)39)18-31(38)33(20-35)25-11-6-22(7-12-25)19-23-8-13-26(14-9-23)34-29(36)16-17-30(34)37;11-10-7-3-5-8-4-1-2-6-9(8)10;1-3-9-5-7-10(4-2)8-6-9;1-2/h2-17,20-21,39H,18-19H2,1H3;1-7,11H;5-8H,3-4H2,1-2H3;1-2H3. The average Bonchev–Trinajstić information content (AvgIpc) is 3.65. The minimum Gasteiger partial charge on any atom is -0.507 e. The molecule has 0 fully saturated rings. The molecule has 2 N–H and O–H groups in total. The zero-order valence-corrected chi connectivity index (χ0v) is 36.0. The molecule has 7 aromatic carbocycles. The highest BCUT2D eigenvalue weighted by Gasteiger charge is 2.25. The van der Waals surface area contributed by atoms with Gasteiger partial charge in [0.25, 0.3) is 11.8 Å². The van der Waals surface area contributed by atoms with E-state index in [9.17, 15) is 29.4 Å². The first kappa shape index (κ1) is 45.8. The number of carbonyl (C=O) groups excluding carboxylic acids is 4. The third kappa shape index (κ3) is 11.5. The number of anilines is 2. The number of hydrogen-bond donors (Lipinski definition) is 2. The van der Waals surface area contributed by atoms with Crippen LogP contribution < -0.4 is 9.80 Å². The molecule has 1 heterocycles. The number of nitrogens with zero attached hydrogens (tertiary/aromatic N) is 2. The summed E-state index contributed by atoms with van der Waals surface area (Å²) in [4.78, 5) is 50.9. The average molecular weight is 827 g/mol. The van der Waals surface area contributed by atoms with E-state index < -0.39 is 0 Å². The Morgan fingerprint density at radius 3 is 1.63 bits per heavy atom. The Kier molecular flexibility index (Phi) is 16.5. The summed E-state index contributed by atoms with van der Waals surface area (Å²) >= 11 is 0. The highest BCUT2D eigenvalue weighted by Crippen LogP contribution is 2.35.